The van der Waals surface area contributed by atoms with E-state index >= 15 is 0 Å². The first-order valence-electron chi connectivity index (χ1n) is 7.45. The monoisotopic (exact) mass is 345 g/mol. The summed E-state index contributed by atoms with van der Waals surface area (Å²) in [4.78, 5) is 23.8. The van der Waals surface area contributed by atoms with Crippen LogP contribution in [-0.2, 0) is 9.53 Å². The van der Waals surface area contributed by atoms with E-state index in [1.54, 1.807) is 24.3 Å². The van der Waals surface area contributed by atoms with Crippen molar-refractivity contribution in [1.29, 1.82) is 0 Å². The van der Waals surface area contributed by atoms with Crippen LogP contribution in [0, 0.1) is 0 Å². The number of amides is 1. The van der Waals surface area contributed by atoms with Gasteiger partial charge in [-0.25, -0.2) is 0 Å². The van der Waals surface area contributed by atoms with Gasteiger partial charge in [0, 0.05) is 5.02 Å². The van der Waals surface area contributed by atoms with Crippen LogP contribution in [0.1, 0.15) is 10.4 Å². The Balaban J connectivity index is 1.76. The Morgan fingerprint density at radius 1 is 1.21 bits per heavy atom. The molecule has 1 unspecified atom stereocenters. The average molecular weight is 346 g/mol. The maximum absolute atomic E-state index is 12.3. The largest absolute Gasteiger partial charge is 0.496 e. The third-order valence-corrected chi connectivity index (χ3v) is 3.99. The van der Waals surface area contributed by atoms with Crippen molar-refractivity contribution in [2.24, 2.45) is 0 Å². The molecule has 2 aromatic rings. The Morgan fingerprint density at radius 3 is 2.50 bits per heavy atom. The van der Waals surface area contributed by atoms with Gasteiger partial charge < -0.3 is 14.8 Å². The number of benzene rings is 2. The highest BCUT2D eigenvalue weighted by atomic mass is 35.5. The smallest absolute Gasteiger partial charge is 0.255 e. The zero-order chi connectivity index (χ0) is 17.1. The highest BCUT2D eigenvalue weighted by Gasteiger charge is 2.31. The van der Waals surface area contributed by atoms with Gasteiger partial charge in [-0.3, -0.25) is 9.59 Å². The quantitative estimate of drug-likeness (QED) is 0.817. The average Bonchev–Trinajstić information content (AvgIpc) is 3.44. The molecule has 1 aliphatic rings. The molecule has 3 rings (SSSR count). The summed E-state index contributed by atoms with van der Waals surface area (Å²) in [5.41, 5.74) is 2.24. The number of halogens is 1. The van der Waals surface area contributed by atoms with E-state index in [0.717, 1.165) is 11.1 Å². The summed E-state index contributed by atoms with van der Waals surface area (Å²) < 4.78 is 10.2. The van der Waals surface area contributed by atoms with E-state index in [4.69, 9.17) is 21.1 Å². The van der Waals surface area contributed by atoms with Crippen molar-refractivity contribution in [2.75, 3.05) is 20.3 Å². The van der Waals surface area contributed by atoms with Crippen LogP contribution in [0.2, 0.25) is 5.02 Å². The predicted octanol–water partition coefficient (Wildman–Crippen LogP) is 2.71. The minimum Gasteiger partial charge on any atom is -0.496 e. The highest BCUT2D eigenvalue weighted by Crippen LogP contribution is 2.28. The van der Waals surface area contributed by atoms with Crippen LogP contribution >= 0.6 is 11.6 Å². The van der Waals surface area contributed by atoms with Crippen molar-refractivity contribution < 1.29 is 19.1 Å². The second-order valence-electron chi connectivity index (χ2n) is 5.39. The summed E-state index contributed by atoms with van der Waals surface area (Å²) in [5, 5.41) is 3.25. The van der Waals surface area contributed by atoms with E-state index in [2.05, 4.69) is 5.32 Å². The zero-order valence-corrected chi connectivity index (χ0v) is 13.8. The van der Waals surface area contributed by atoms with Gasteiger partial charge in [-0.15, -0.1) is 0 Å². The van der Waals surface area contributed by atoms with E-state index in [-0.39, 0.29) is 24.3 Å². The summed E-state index contributed by atoms with van der Waals surface area (Å²) in [6.45, 7) is 0.388. The number of carbonyl (C=O) groups excluding carboxylic acids is 2. The molecule has 0 bridgehead atoms. The van der Waals surface area contributed by atoms with Crippen LogP contribution in [0.25, 0.3) is 11.1 Å². The number of hydrogen-bond acceptors (Lipinski definition) is 4. The van der Waals surface area contributed by atoms with Gasteiger partial charge in [-0.2, -0.15) is 0 Å². The number of rotatable bonds is 6. The van der Waals surface area contributed by atoms with E-state index < -0.39 is 0 Å². The summed E-state index contributed by atoms with van der Waals surface area (Å²) in [6, 6.07) is 12.7. The van der Waals surface area contributed by atoms with Crippen molar-refractivity contribution in [3.8, 4) is 16.9 Å². The lowest BCUT2D eigenvalue weighted by Gasteiger charge is -2.11. The Morgan fingerprint density at radius 2 is 1.88 bits per heavy atom. The maximum Gasteiger partial charge on any atom is 0.255 e. The molecular weight excluding hydrogens is 330 g/mol. The lowest BCUT2D eigenvalue weighted by atomic mass is 10.0. The highest BCUT2D eigenvalue weighted by molar-refractivity contribution is 6.30. The van der Waals surface area contributed by atoms with Crippen molar-refractivity contribution in [1.82, 2.24) is 5.32 Å². The molecule has 1 amide bonds. The summed E-state index contributed by atoms with van der Waals surface area (Å²) >= 11 is 5.90. The van der Waals surface area contributed by atoms with Crippen molar-refractivity contribution in [3.63, 3.8) is 0 Å². The third kappa shape index (κ3) is 3.75. The van der Waals surface area contributed by atoms with Crippen LogP contribution in [0.15, 0.2) is 42.5 Å². The van der Waals surface area contributed by atoms with E-state index in [9.17, 15) is 9.59 Å². The minimum atomic E-state index is -0.362. The standard InChI is InChI=1S/C18H16ClNO4/c1-23-16-8-12(11-2-5-13(19)6-3-11)4-7-14(16)18(22)20-9-15(21)17-10-24-17/h2-8,17H,9-10H2,1H3,(H,20,22). The van der Waals surface area contributed by atoms with Crippen molar-refractivity contribution >= 4 is 23.3 Å². The fraction of sp³-hybridized carbons (Fsp3) is 0.222. The van der Waals surface area contributed by atoms with Crippen LogP contribution < -0.4 is 10.1 Å². The van der Waals surface area contributed by atoms with Crippen molar-refractivity contribution in [3.05, 3.63) is 53.1 Å². The Labute approximate surface area is 144 Å². The first-order chi connectivity index (χ1) is 11.6. The second kappa shape index (κ2) is 7.03. The molecule has 5 nitrogen and oxygen atoms in total. The molecule has 24 heavy (non-hydrogen) atoms. The zero-order valence-electron chi connectivity index (χ0n) is 13.0. The van der Waals surface area contributed by atoms with E-state index in [1.165, 1.54) is 7.11 Å². The molecular formula is C18H16ClNO4. The van der Waals surface area contributed by atoms with Gasteiger partial charge in [0.2, 0.25) is 0 Å². The minimum absolute atomic E-state index is 0.0500. The normalized spacial score (nSPS) is 15.7. The van der Waals surface area contributed by atoms with E-state index in [1.807, 2.05) is 18.2 Å². The third-order valence-electron chi connectivity index (χ3n) is 3.74. The molecule has 1 fully saturated rings. The number of ether oxygens (including phenoxy) is 2. The first-order valence-corrected chi connectivity index (χ1v) is 7.83. The van der Waals surface area contributed by atoms with Gasteiger partial charge in [0.05, 0.1) is 25.8 Å². The number of carbonyl (C=O) groups is 2. The number of epoxide rings is 1. The van der Waals surface area contributed by atoms with Gasteiger partial charge >= 0.3 is 0 Å². The second-order valence-corrected chi connectivity index (χ2v) is 5.83. The SMILES string of the molecule is COc1cc(-c2ccc(Cl)cc2)ccc1C(=O)NCC(=O)C1CO1. The molecule has 1 atom stereocenters. The number of Topliss-reactive ketones (excluding diaryl/α,β-unsaturated/α-hetero) is 1. The van der Waals surface area contributed by atoms with Gasteiger partial charge in [0.1, 0.15) is 11.9 Å². The molecule has 1 N–H and O–H groups in total. The predicted molar refractivity (Wildman–Crippen MR) is 90.5 cm³/mol. The maximum atomic E-state index is 12.3. The summed E-state index contributed by atoms with van der Waals surface area (Å²) in [7, 11) is 1.50. The summed E-state index contributed by atoms with van der Waals surface area (Å²) in [6.07, 6.45) is -0.362. The van der Waals surface area contributed by atoms with Gasteiger partial charge in [0.15, 0.2) is 5.78 Å². The van der Waals surface area contributed by atoms with Crippen LogP contribution in [0.4, 0.5) is 0 Å². The fourth-order valence-electron chi connectivity index (χ4n) is 2.31. The molecule has 124 valence electrons. The number of ketones is 1. The molecule has 6 heteroatoms. The van der Waals surface area contributed by atoms with Gasteiger partial charge in [0.25, 0.3) is 5.91 Å². The van der Waals surface area contributed by atoms with E-state index in [0.29, 0.717) is 22.9 Å². The molecule has 1 aliphatic heterocycles. The number of methoxy groups -OCH3 is 1. The lowest BCUT2D eigenvalue weighted by molar-refractivity contribution is -0.119. The Hall–Kier alpha value is -2.37. The topological polar surface area (TPSA) is 67.9 Å². The van der Waals surface area contributed by atoms with Gasteiger partial charge in [-0.1, -0.05) is 29.8 Å². The summed E-state index contributed by atoms with van der Waals surface area (Å²) in [5.74, 6) is -0.0429. The fourth-order valence-corrected chi connectivity index (χ4v) is 2.44. The van der Waals surface area contributed by atoms with Crippen molar-refractivity contribution in [2.45, 2.75) is 6.10 Å². The molecule has 0 saturated carbocycles. The number of nitrogens with one attached hydrogen (secondary N) is 1. The Bertz CT molecular complexity index is 769. The van der Waals surface area contributed by atoms with Crippen LogP contribution in [-0.4, -0.2) is 38.1 Å². The lowest BCUT2D eigenvalue weighted by Crippen LogP contribution is -2.31. The van der Waals surface area contributed by atoms with Crippen LogP contribution in [0.3, 0.4) is 0 Å². The molecule has 0 aliphatic carbocycles. The molecule has 1 heterocycles. The molecule has 0 spiro atoms. The van der Waals surface area contributed by atoms with Gasteiger partial charge in [-0.05, 0) is 35.4 Å². The molecule has 0 aromatic heterocycles. The Kier molecular flexibility index (Phi) is 4.83. The molecule has 2 aromatic carbocycles. The molecule has 0 radical (unpaired) electrons. The first kappa shape index (κ1) is 16.5. The van der Waals surface area contributed by atoms with Crippen LogP contribution in [0.5, 0.6) is 5.75 Å². The molecule has 1 saturated heterocycles. The number of hydrogen-bond donors (Lipinski definition) is 1.